The minimum Gasteiger partial charge on any atom is -0.462 e. The maximum atomic E-state index is 13.7. The number of hydrogen-bond donors (Lipinski definition) is 4. The van der Waals surface area contributed by atoms with Crippen LogP contribution in [0.1, 0.15) is 36.9 Å². The van der Waals surface area contributed by atoms with E-state index in [1.54, 1.807) is 32.0 Å². The van der Waals surface area contributed by atoms with Crippen molar-refractivity contribution in [3.05, 3.63) is 30.3 Å². The number of ether oxygens (including phenoxy) is 2. The first-order valence-corrected chi connectivity index (χ1v) is 12.8. The molecule has 200 valence electrons. The molecule has 36 heavy (non-hydrogen) atoms. The van der Waals surface area contributed by atoms with Crippen molar-refractivity contribution >= 4 is 25.6 Å². The molecule has 0 unspecified atom stereocenters. The van der Waals surface area contributed by atoms with E-state index >= 15 is 0 Å². The lowest BCUT2D eigenvalue weighted by Gasteiger charge is -2.36. The largest absolute Gasteiger partial charge is 0.462 e. The Kier molecular flexibility index (Phi) is 7.85. The van der Waals surface area contributed by atoms with Crippen LogP contribution in [0.4, 0.5) is 4.79 Å². The Hall–Kier alpha value is -2.54. The number of rotatable bonds is 10. The maximum Gasteiger partial charge on any atom is 0.459 e. The SMILES string of the molecule is [2H]C1([2H])CC(N)=NC(=O)N1[C@@H]1O[C@H](CO[P@@](=O)(N[C@@H](C)C(=O)OC(C)C)Oc2ccccc2)[C@@H](O)[C@@]1(C)O. The first-order chi connectivity index (χ1) is 17.6. The van der Waals surface area contributed by atoms with Gasteiger partial charge in [0.2, 0.25) is 0 Å². The molecule has 6 atom stereocenters. The van der Waals surface area contributed by atoms with Crippen LogP contribution in [-0.2, 0) is 23.4 Å². The number of amides is 2. The minimum atomic E-state index is -4.33. The van der Waals surface area contributed by atoms with E-state index in [0.717, 1.165) is 6.92 Å². The van der Waals surface area contributed by atoms with Gasteiger partial charge < -0.3 is 29.9 Å². The molecule has 0 aromatic heterocycles. The quantitative estimate of drug-likeness (QED) is 0.251. The monoisotopic (exact) mass is 530 g/mol. The predicted octanol–water partition coefficient (Wildman–Crippen LogP) is 1.14. The number of carbonyl (C=O) groups is 2. The van der Waals surface area contributed by atoms with Crippen LogP contribution >= 0.6 is 7.75 Å². The first-order valence-electron chi connectivity index (χ1n) is 12.3. The van der Waals surface area contributed by atoms with Crippen molar-refractivity contribution in [1.82, 2.24) is 9.99 Å². The maximum absolute atomic E-state index is 13.7. The van der Waals surface area contributed by atoms with Gasteiger partial charge in [0.1, 0.15) is 35.4 Å². The van der Waals surface area contributed by atoms with Gasteiger partial charge in [-0.05, 0) is 39.8 Å². The van der Waals surface area contributed by atoms with E-state index < -0.39 is 75.5 Å². The van der Waals surface area contributed by atoms with Crippen molar-refractivity contribution < 1.29 is 45.6 Å². The Bertz CT molecular complexity index is 1110. The lowest BCUT2D eigenvalue weighted by atomic mass is 9.96. The highest BCUT2D eigenvalue weighted by Gasteiger charge is 2.56. The van der Waals surface area contributed by atoms with Gasteiger partial charge in [0.25, 0.3) is 0 Å². The fourth-order valence-electron chi connectivity index (χ4n) is 3.49. The number of esters is 1. The summed E-state index contributed by atoms with van der Waals surface area (Å²) in [7, 11) is -4.33. The zero-order valence-electron chi connectivity index (χ0n) is 22.4. The van der Waals surface area contributed by atoms with E-state index in [1.165, 1.54) is 19.1 Å². The highest BCUT2D eigenvalue weighted by atomic mass is 31.2. The Morgan fingerprint density at radius 1 is 1.42 bits per heavy atom. The summed E-state index contributed by atoms with van der Waals surface area (Å²) in [6.07, 6.45) is -5.67. The molecule has 1 aromatic carbocycles. The lowest BCUT2D eigenvalue weighted by molar-refractivity contribution is -0.149. The van der Waals surface area contributed by atoms with E-state index in [4.69, 9.17) is 27.0 Å². The molecule has 1 saturated heterocycles. The number of aliphatic hydroxyl groups excluding tert-OH is 1. The Morgan fingerprint density at radius 3 is 2.69 bits per heavy atom. The van der Waals surface area contributed by atoms with Gasteiger partial charge >= 0.3 is 19.7 Å². The van der Waals surface area contributed by atoms with Crippen molar-refractivity contribution in [2.24, 2.45) is 10.7 Å². The molecule has 0 radical (unpaired) electrons. The summed E-state index contributed by atoms with van der Waals surface area (Å²) in [5.41, 5.74) is 3.36. The van der Waals surface area contributed by atoms with Gasteiger partial charge in [0.15, 0.2) is 6.23 Å². The third kappa shape index (κ3) is 6.61. The van der Waals surface area contributed by atoms with Crippen molar-refractivity contribution in [2.75, 3.05) is 13.1 Å². The third-order valence-electron chi connectivity index (χ3n) is 5.30. The number of para-hydroxylation sites is 1. The average molecular weight is 531 g/mol. The van der Waals surface area contributed by atoms with Crippen LogP contribution in [0.2, 0.25) is 0 Å². The van der Waals surface area contributed by atoms with E-state index in [9.17, 15) is 24.4 Å². The molecule has 13 nitrogen and oxygen atoms in total. The van der Waals surface area contributed by atoms with Crippen LogP contribution in [0.15, 0.2) is 35.3 Å². The number of aliphatic imine (C=N–C) groups is 1. The second-order valence-electron chi connectivity index (χ2n) is 8.82. The van der Waals surface area contributed by atoms with Gasteiger partial charge in [0.05, 0.1) is 15.5 Å². The molecular formula is C22H33N4O9P. The lowest BCUT2D eigenvalue weighted by Crippen LogP contribution is -2.56. The normalized spacial score (nSPS) is 31.2. The van der Waals surface area contributed by atoms with Crippen LogP contribution in [0.5, 0.6) is 5.75 Å². The second kappa shape index (κ2) is 11.2. The number of urea groups is 1. The summed E-state index contributed by atoms with van der Waals surface area (Å²) < 4.78 is 51.9. The molecule has 5 N–H and O–H groups in total. The number of benzene rings is 1. The number of hydrogen-bond acceptors (Lipinski definition) is 10. The Morgan fingerprint density at radius 2 is 2.08 bits per heavy atom. The van der Waals surface area contributed by atoms with Crippen LogP contribution in [-0.4, -0.2) is 82.2 Å². The first kappa shape index (κ1) is 25.1. The molecule has 2 heterocycles. The van der Waals surface area contributed by atoms with Gasteiger partial charge in [-0.25, -0.2) is 9.36 Å². The smallest absolute Gasteiger partial charge is 0.459 e. The Labute approximate surface area is 211 Å². The van der Waals surface area contributed by atoms with E-state index in [-0.39, 0.29) is 11.6 Å². The van der Waals surface area contributed by atoms with Gasteiger partial charge in [-0.1, -0.05) is 18.2 Å². The number of aliphatic hydroxyl groups is 2. The molecule has 0 aliphatic carbocycles. The fourth-order valence-corrected chi connectivity index (χ4v) is 4.99. The Balaban J connectivity index is 1.80. The minimum absolute atomic E-state index is 0.146. The van der Waals surface area contributed by atoms with Crippen molar-refractivity contribution in [1.29, 1.82) is 0 Å². The summed E-state index contributed by atoms with van der Waals surface area (Å²) in [4.78, 5) is 28.9. The van der Waals surface area contributed by atoms with Gasteiger partial charge in [-0.15, -0.1) is 0 Å². The molecule has 0 bridgehead atoms. The summed E-state index contributed by atoms with van der Waals surface area (Å²) in [5, 5.41) is 24.2. The molecule has 3 rings (SSSR count). The highest BCUT2D eigenvalue weighted by Crippen LogP contribution is 2.46. The van der Waals surface area contributed by atoms with Crippen molar-refractivity contribution in [3.63, 3.8) is 0 Å². The van der Waals surface area contributed by atoms with Gasteiger partial charge in [-0.3, -0.25) is 14.2 Å². The molecule has 1 aromatic rings. The van der Waals surface area contributed by atoms with Gasteiger partial charge in [-0.2, -0.15) is 10.1 Å². The number of carbonyl (C=O) groups excluding carboxylic acids is 2. The second-order valence-corrected chi connectivity index (χ2v) is 10.5. The summed E-state index contributed by atoms with van der Waals surface area (Å²) >= 11 is 0. The molecule has 0 spiro atoms. The summed E-state index contributed by atoms with van der Waals surface area (Å²) in [6, 6.07) is 5.74. The predicted molar refractivity (Wildman–Crippen MR) is 128 cm³/mol. The van der Waals surface area contributed by atoms with E-state index in [1.807, 2.05) is 0 Å². The molecule has 2 aliphatic heterocycles. The van der Waals surface area contributed by atoms with Crippen LogP contribution in [0.3, 0.4) is 0 Å². The summed E-state index contributed by atoms with van der Waals surface area (Å²) in [6.45, 7) is 2.82. The number of nitrogens with two attached hydrogens (primary N) is 1. The third-order valence-corrected chi connectivity index (χ3v) is 6.94. The zero-order valence-corrected chi connectivity index (χ0v) is 21.3. The molecule has 0 saturated carbocycles. The molecule has 2 aliphatic rings. The zero-order chi connectivity index (χ0) is 28.5. The molecule has 14 heteroatoms. The summed E-state index contributed by atoms with van der Waals surface area (Å²) in [5.74, 6) is -0.802. The van der Waals surface area contributed by atoms with Gasteiger partial charge in [0, 0.05) is 12.9 Å². The van der Waals surface area contributed by atoms with Crippen LogP contribution < -0.4 is 15.3 Å². The standard InChI is InChI=1S/C22H33N4O9P/c1-13(2)33-19(28)14(3)25-36(31,35-15-8-6-5-7-9-15)32-12-16-18(27)22(4,30)20(34-16)26-11-10-17(23)24-21(26)29/h5-9,13-14,16,18,20,27,30H,10-12H2,1-4H3,(H,25,31)(H2,23,24,29)/t14-,16+,18+,20+,22+,36-/m0/s1/i11D2. The average Bonchev–Trinajstić information content (AvgIpc) is 3.00. The number of nitrogens with zero attached hydrogens (tertiary/aromatic N) is 2. The number of amidine groups is 1. The van der Waals surface area contributed by atoms with Crippen LogP contribution in [0, 0.1) is 0 Å². The topological polar surface area (TPSA) is 182 Å². The van der Waals surface area contributed by atoms with Crippen molar-refractivity contribution in [2.45, 2.75) is 70.3 Å². The molecule has 2 amide bonds. The fraction of sp³-hybridized carbons (Fsp3) is 0.591. The highest BCUT2D eigenvalue weighted by molar-refractivity contribution is 7.52. The van der Waals surface area contributed by atoms with Crippen molar-refractivity contribution in [3.8, 4) is 5.75 Å². The molecular weight excluding hydrogens is 495 g/mol. The van der Waals surface area contributed by atoms with Crippen LogP contribution in [0.25, 0.3) is 0 Å². The molecule has 1 fully saturated rings. The van der Waals surface area contributed by atoms with E-state index in [2.05, 4.69) is 10.1 Å². The number of nitrogens with one attached hydrogen (secondary N) is 1. The van der Waals surface area contributed by atoms with E-state index in [0.29, 0.717) is 4.90 Å².